The lowest BCUT2D eigenvalue weighted by Crippen LogP contribution is -2.50. The van der Waals surface area contributed by atoms with Crippen molar-refractivity contribution in [1.82, 2.24) is 10.2 Å². The van der Waals surface area contributed by atoms with Gasteiger partial charge in [-0.3, -0.25) is 9.59 Å². The number of piperidine rings is 1. The minimum atomic E-state index is -0.345. The van der Waals surface area contributed by atoms with Gasteiger partial charge in [0.05, 0.1) is 18.9 Å². The maximum Gasteiger partial charge on any atom is 0.227 e. The van der Waals surface area contributed by atoms with Crippen LogP contribution in [0.15, 0.2) is 24.3 Å². The Kier molecular flexibility index (Phi) is 6.73. The van der Waals surface area contributed by atoms with Crippen molar-refractivity contribution >= 4 is 11.8 Å². The van der Waals surface area contributed by atoms with E-state index < -0.39 is 0 Å². The molecule has 2 atom stereocenters. The molecule has 1 saturated heterocycles. The molecule has 1 aliphatic rings. The summed E-state index contributed by atoms with van der Waals surface area (Å²) in [6, 6.07) is 6.17. The molecular formula is C18H25FN2O3. The summed E-state index contributed by atoms with van der Waals surface area (Å²) >= 11 is 0. The summed E-state index contributed by atoms with van der Waals surface area (Å²) < 4.78 is 18.2. The molecule has 1 heterocycles. The van der Waals surface area contributed by atoms with Crippen LogP contribution in [0.5, 0.6) is 0 Å². The summed E-state index contributed by atoms with van der Waals surface area (Å²) in [5, 5.41) is 2.83. The highest BCUT2D eigenvalue weighted by atomic mass is 19.1. The normalized spacial score (nSPS) is 20.7. The summed E-state index contributed by atoms with van der Waals surface area (Å²) in [7, 11) is 1.58. The van der Waals surface area contributed by atoms with Gasteiger partial charge in [0, 0.05) is 26.2 Å². The van der Waals surface area contributed by atoms with Gasteiger partial charge in [-0.1, -0.05) is 12.1 Å². The SMILES string of the molecule is COCCNC(=O)C1CCC(C)N(C(=O)Cc2cccc(F)c2)C1. The van der Waals surface area contributed by atoms with Crippen LogP contribution in [0.4, 0.5) is 4.39 Å². The summed E-state index contributed by atoms with van der Waals surface area (Å²) in [6.07, 6.45) is 1.71. The van der Waals surface area contributed by atoms with Gasteiger partial charge in [-0.25, -0.2) is 4.39 Å². The fourth-order valence-corrected chi connectivity index (χ4v) is 3.01. The Bertz CT molecular complexity index is 579. The lowest BCUT2D eigenvalue weighted by atomic mass is 9.92. The number of likely N-dealkylation sites (tertiary alicyclic amines) is 1. The minimum absolute atomic E-state index is 0.0393. The molecule has 0 spiro atoms. The van der Waals surface area contributed by atoms with Crippen molar-refractivity contribution in [2.24, 2.45) is 5.92 Å². The Labute approximate surface area is 142 Å². The molecule has 132 valence electrons. The predicted octanol–water partition coefficient (Wildman–Crippen LogP) is 1.76. The van der Waals surface area contributed by atoms with E-state index in [9.17, 15) is 14.0 Å². The van der Waals surface area contributed by atoms with Gasteiger partial charge in [0.2, 0.25) is 11.8 Å². The van der Waals surface area contributed by atoms with Crippen LogP contribution in [0.1, 0.15) is 25.3 Å². The molecule has 1 aliphatic heterocycles. The zero-order chi connectivity index (χ0) is 17.5. The Balaban J connectivity index is 1.94. The Morgan fingerprint density at radius 1 is 1.38 bits per heavy atom. The van der Waals surface area contributed by atoms with Gasteiger partial charge < -0.3 is 15.0 Å². The van der Waals surface area contributed by atoms with E-state index in [0.29, 0.717) is 25.3 Å². The van der Waals surface area contributed by atoms with Crippen molar-refractivity contribution in [3.63, 3.8) is 0 Å². The summed E-state index contributed by atoms with van der Waals surface area (Å²) in [4.78, 5) is 26.5. The van der Waals surface area contributed by atoms with Gasteiger partial charge >= 0.3 is 0 Å². The Hall–Kier alpha value is -1.95. The van der Waals surface area contributed by atoms with E-state index in [1.807, 2.05) is 6.92 Å². The number of hydrogen-bond donors (Lipinski definition) is 1. The number of carbonyl (C=O) groups excluding carboxylic acids is 2. The fraction of sp³-hybridized carbons (Fsp3) is 0.556. The third kappa shape index (κ3) is 5.03. The topological polar surface area (TPSA) is 58.6 Å². The van der Waals surface area contributed by atoms with Crippen molar-refractivity contribution in [2.45, 2.75) is 32.2 Å². The molecule has 1 aromatic rings. The molecule has 0 bridgehead atoms. The zero-order valence-corrected chi connectivity index (χ0v) is 14.3. The van der Waals surface area contributed by atoms with Crippen molar-refractivity contribution in [1.29, 1.82) is 0 Å². The van der Waals surface area contributed by atoms with Crippen LogP contribution in [0.3, 0.4) is 0 Å². The molecule has 1 N–H and O–H groups in total. The van der Waals surface area contributed by atoms with E-state index in [1.165, 1.54) is 12.1 Å². The van der Waals surface area contributed by atoms with Gasteiger partial charge in [0.1, 0.15) is 5.82 Å². The van der Waals surface area contributed by atoms with E-state index >= 15 is 0 Å². The third-order valence-corrected chi connectivity index (χ3v) is 4.42. The first-order valence-corrected chi connectivity index (χ1v) is 8.31. The molecule has 0 aliphatic carbocycles. The smallest absolute Gasteiger partial charge is 0.227 e. The van der Waals surface area contributed by atoms with Gasteiger partial charge in [0.25, 0.3) is 0 Å². The number of rotatable bonds is 6. The first kappa shape index (κ1) is 18.4. The largest absolute Gasteiger partial charge is 0.383 e. The molecule has 2 unspecified atom stereocenters. The highest BCUT2D eigenvalue weighted by Gasteiger charge is 2.32. The third-order valence-electron chi connectivity index (χ3n) is 4.42. The number of carbonyl (C=O) groups is 2. The lowest BCUT2D eigenvalue weighted by Gasteiger charge is -2.37. The van der Waals surface area contributed by atoms with Gasteiger partial charge in [-0.05, 0) is 37.5 Å². The number of hydrogen-bond acceptors (Lipinski definition) is 3. The average molecular weight is 336 g/mol. The van der Waals surface area contributed by atoms with E-state index in [4.69, 9.17) is 4.74 Å². The van der Waals surface area contributed by atoms with Gasteiger partial charge in [-0.2, -0.15) is 0 Å². The van der Waals surface area contributed by atoms with Crippen molar-refractivity contribution in [2.75, 3.05) is 26.8 Å². The van der Waals surface area contributed by atoms with E-state index in [2.05, 4.69) is 5.32 Å². The maximum atomic E-state index is 13.3. The number of ether oxygens (including phenoxy) is 1. The number of methoxy groups -OCH3 is 1. The second-order valence-electron chi connectivity index (χ2n) is 6.26. The standard InChI is InChI=1S/C18H25FN2O3/c1-13-6-7-15(18(23)20-8-9-24-2)12-21(13)17(22)11-14-4-3-5-16(19)10-14/h3-5,10,13,15H,6-9,11-12H2,1-2H3,(H,20,23). The van der Waals surface area contributed by atoms with E-state index in [-0.39, 0.29) is 36.0 Å². The Morgan fingerprint density at radius 3 is 2.88 bits per heavy atom. The molecule has 0 radical (unpaired) electrons. The van der Waals surface area contributed by atoms with Crippen LogP contribution in [-0.2, 0) is 20.7 Å². The molecule has 0 saturated carbocycles. The van der Waals surface area contributed by atoms with Crippen LogP contribution in [-0.4, -0.2) is 49.6 Å². The average Bonchev–Trinajstić information content (AvgIpc) is 2.55. The van der Waals surface area contributed by atoms with Crippen LogP contribution in [0, 0.1) is 11.7 Å². The molecule has 1 fully saturated rings. The van der Waals surface area contributed by atoms with E-state index in [0.717, 1.165) is 12.8 Å². The van der Waals surface area contributed by atoms with Crippen LogP contribution in [0.2, 0.25) is 0 Å². The van der Waals surface area contributed by atoms with Gasteiger partial charge in [0.15, 0.2) is 0 Å². The number of amides is 2. The minimum Gasteiger partial charge on any atom is -0.383 e. The van der Waals surface area contributed by atoms with Crippen LogP contribution < -0.4 is 5.32 Å². The lowest BCUT2D eigenvalue weighted by molar-refractivity contribution is -0.137. The second kappa shape index (κ2) is 8.78. The predicted molar refractivity (Wildman–Crippen MR) is 88.9 cm³/mol. The maximum absolute atomic E-state index is 13.3. The number of halogens is 1. The summed E-state index contributed by atoms with van der Waals surface area (Å²) in [6.45, 7) is 3.34. The summed E-state index contributed by atoms with van der Waals surface area (Å²) in [5.41, 5.74) is 0.652. The highest BCUT2D eigenvalue weighted by molar-refractivity contribution is 5.82. The quantitative estimate of drug-likeness (QED) is 0.806. The molecule has 5 nitrogen and oxygen atoms in total. The molecule has 0 aromatic heterocycles. The molecule has 2 amide bonds. The summed E-state index contributed by atoms with van der Waals surface area (Å²) in [5.74, 6) is -0.651. The first-order chi connectivity index (χ1) is 11.5. The zero-order valence-electron chi connectivity index (χ0n) is 14.3. The van der Waals surface area contributed by atoms with Gasteiger partial charge in [-0.15, -0.1) is 0 Å². The van der Waals surface area contributed by atoms with Crippen molar-refractivity contribution in [3.8, 4) is 0 Å². The van der Waals surface area contributed by atoms with Crippen molar-refractivity contribution < 1.29 is 18.7 Å². The Morgan fingerprint density at radius 2 is 2.17 bits per heavy atom. The van der Waals surface area contributed by atoms with Crippen LogP contribution >= 0.6 is 0 Å². The highest BCUT2D eigenvalue weighted by Crippen LogP contribution is 2.23. The molecular weight excluding hydrogens is 311 g/mol. The number of nitrogens with zero attached hydrogens (tertiary/aromatic N) is 1. The van der Waals surface area contributed by atoms with Crippen LogP contribution in [0.25, 0.3) is 0 Å². The molecule has 6 heteroatoms. The van der Waals surface area contributed by atoms with E-state index in [1.54, 1.807) is 24.1 Å². The van der Waals surface area contributed by atoms with Crippen molar-refractivity contribution in [3.05, 3.63) is 35.6 Å². The molecule has 2 rings (SSSR count). The number of nitrogens with one attached hydrogen (secondary N) is 1. The first-order valence-electron chi connectivity index (χ1n) is 8.31. The second-order valence-corrected chi connectivity index (χ2v) is 6.26. The number of benzene rings is 1. The molecule has 24 heavy (non-hydrogen) atoms. The fourth-order valence-electron chi connectivity index (χ4n) is 3.01. The monoisotopic (exact) mass is 336 g/mol. The molecule has 1 aromatic carbocycles.